The van der Waals surface area contributed by atoms with Crippen LogP contribution < -0.4 is 14.4 Å². The Morgan fingerprint density at radius 2 is 2.03 bits per heavy atom. The van der Waals surface area contributed by atoms with Gasteiger partial charge in [-0.15, -0.1) is 5.10 Å². The number of amides is 3. The lowest BCUT2D eigenvalue weighted by Gasteiger charge is -2.30. The average Bonchev–Trinajstić information content (AvgIpc) is 3.20. The number of pyridine rings is 1. The maximum absolute atomic E-state index is 12.4. The molecule has 3 amide bonds. The number of ether oxygens (including phenoxy) is 1. The van der Waals surface area contributed by atoms with Crippen molar-refractivity contribution in [2.45, 2.75) is 49.6 Å². The Hall–Kier alpha value is -2.47. The maximum Gasteiger partial charge on any atom is 0.416 e. The highest BCUT2D eigenvalue weighted by molar-refractivity contribution is 7.99. The minimum Gasteiger partial charge on any atom is -0.391 e. The van der Waals surface area contributed by atoms with Crippen LogP contribution in [0.5, 0.6) is 5.88 Å². The number of hydrogen-bond donors (Lipinski definition) is 3. The van der Waals surface area contributed by atoms with E-state index in [1.807, 2.05) is 20.8 Å². The highest BCUT2D eigenvalue weighted by Gasteiger charge is 2.26. The van der Waals surface area contributed by atoms with E-state index in [2.05, 4.69) is 38.3 Å². The van der Waals surface area contributed by atoms with Gasteiger partial charge in [0.25, 0.3) is 0 Å². The number of nitrogens with one attached hydrogen (secondary N) is 2. The molecule has 2 N–H and O–H groups in total. The van der Waals surface area contributed by atoms with Gasteiger partial charge in [-0.05, 0) is 39.7 Å². The molecular weight excluding hydrogens is 426 g/mol. The van der Waals surface area contributed by atoms with Crippen LogP contribution in [0.4, 0.5) is 15.3 Å². The number of piperidine rings is 1. The van der Waals surface area contributed by atoms with Gasteiger partial charge in [-0.1, -0.05) is 24.6 Å². The molecule has 2 aromatic heterocycles. The van der Waals surface area contributed by atoms with Gasteiger partial charge in [-0.2, -0.15) is 0 Å². The number of hydrogen-bond acceptors (Lipinski definition) is 8. The summed E-state index contributed by atoms with van der Waals surface area (Å²) in [5.41, 5.74) is 0.0754. The van der Waals surface area contributed by atoms with Gasteiger partial charge in [-0.25, -0.2) is 23.9 Å². The third kappa shape index (κ3) is 6.26. The molecule has 0 spiro atoms. The number of carbonyl (C=O) groups excluding carboxylic acids is 2. The zero-order valence-corrected chi connectivity index (χ0v) is 18.7. The molecule has 0 bridgehead atoms. The molecule has 0 saturated carbocycles. The first-order valence-electron chi connectivity index (χ1n) is 9.47. The zero-order valence-electron chi connectivity index (χ0n) is 17.0. The number of nitrogens with zero attached hydrogens (tertiary/aromatic N) is 5. The molecule has 0 aliphatic carbocycles. The molecule has 1 aliphatic rings. The van der Waals surface area contributed by atoms with Crippen molar-refractivity contribution in [3.05, 3.63) is 24.7 Å². The van der Waals surface area contributed by atoms with E-state index in [-0.39, 0.29) is 17.5 Å². The fraction of sp³-hybridized carbons (Fsp3) is 0.500. The van der Waals surface area contributed by atoms with Gasteiger partial charge < -0.3 is 15.0 Å². The van der Waals surface area contributed by atoms with Crippen LogP contribution in [0.3, 0.4) is 0 Å². The highest BCUT2D eigenvalue weighted by Crippen LogP contribution is 2.28. The molecule has 162 valence electrons. The smallest absolute Gasteiger partial charge is 0.391 e. The van der Waals surface area contributed by atoms with Crippen LogP contribution in [0.15, 0.2) is 29.8 Å². The fourth-order valence-electron chi connectivity index (χ4n) is 2.76. The number of thioether (sulfide) groups is 1. The summed E-state index contributed by atoms with van der Waals surface area (Å²) in [7, 11) is 0. The SMILES string of the molecule is CC(C)(C)NC(=O)N(S)c1ccc(OC(=O)N2CCC(Sc3nc[nH]n3)CC2)nc1. The average molecular weight is 452 g/mol. The van der Waals surface area contributed by atoms with Gasteiger partial charge in [-0.3, -0.25) is 5.10 Å². The lowest BCUT2D eigenvalue weighted by molar-refractivity contribution is 0.142. The van der Waals surface area contributed by atoms with Crippen molar-refractivity contribution in [2.75, 3.05) is 17.4 Å². The monoisotopic (exact) mass is 451 g/mol. The standard InChI is InChI=1S/C18H25N7O3S2/c1-18(2,3)22-16(26)25(29)12-4-5-14(19-10-12)28-17(27)24-8-6-13(7-9-24)30-15-20-11-21-23-15/h4-5,10-11,13,29H,6-9H2,1-3H3,(H,22,26)(H,20,21,23). The minimum atomic E-state index is -0.440. The molecule has 12 heteroatoms. The predicted octanol–water partition coefficient (Wildman–Crippen LogP) is 3.11. The van der Waals surface area contributed by atoms with Crippen molar-refractivity contribution in [1.29, 1.82) is 0 Å². The first kappa shape index (κ1) is 22.2. The molecule has 1 aliphatic heterocycles. The fourth-order valence-corrected chi connectivity index (χ4v) is 3.89. The van der Waals surface area contributed by atoms with E-state index in [0.29, 0.717) is 24.0 Å². The first-order chi connectivity index (χ1) is 14.2. The normalized spacial score (nSPS) is 15.0. The third-order valence-electron chi connectivity index (χ3n) is 4.20. The van der Waals surface area contributed by atoms with Crippen LogP contribution in [0.1, 0.15) is 33.6 Å². The number of thiol groups is 1. The number of rotatable bonds is 4. The van der Waals surface area contributed by atoms with Gasteiger partial charge in [0.2, 0.25) is 11.0 Å². The Morgan fingerprint density at radius 1 is 1.30 bits per heavy atom. The Bertz CT molecular complexity index is 848. The number of H-pyrrole nitrogens is 1. The summed E-state index contributed by atoms with van der Waals surface area (Å²) in [5.74, 6) is 0.166. The number of anilines is 1. The second-order valence-corrected chi connectivity index (χ2v) is 9.47. The summed E-state index contributed by atoms with van der Waals surface area (Å²) in [6.45, 7) is 6.82. The summed E-state index contributed by atoms with van der Waals surface area (Å²) in [4.78, 5) is 34.5. The van der Waals surface area contributed by atoms with Crippen molar-refractivity contribution < 1.29 is 14.3 Å². The third-order valence-corrected chi connectivity index (χ3v) is 5.82. The van der Waals surface area contributed by atoms with E-state index in [1.54, 1.807) is 29.1 Å². The van der Waals surface area contributed by atoms with Gasteiger partial charge in [0.15, 0.2) is 0 Å². The van der Waals surface area contributed by atoms with Gasteiger partial charge in [0, 0.05) is 29.9 Å². The van der Waals surface area contributed by atoms with Gasteiger partial charge >= 0.3 is 12.1 Å². The molecule has 2 aromatic rings. The van der Waals surface area contributed by atoms with Crippen molar-refractivity contribution in [2.24, 2.45) is 0 Å². The topological polar surface area (TPSA) is 116 Å². The molecule has 0 aromatic carbocycles. The minimum absolute atomic E-state index is 0.166. The van der Waals surface area contributed by atoms with E-state index >= 15 is 0 Å². The van der Waals surface area contributed by atoms with Crippen molar-refractivity contribution in [1.82, 2.24) is 30.4 Å². The molecule has 3 heterocycles. The van der Waals surface area contributed by atoms with Crippen LogP contribution in [-0.4, -0.2) is 61.1 Å². The lowest BCUT2D eigenvalue weighted by Crippen LogP contribution is -2.45. The van der Waals surface area contributed by atoms with E-state index in [4.69, 9.17) is 4.74 Å². The zero-order chi connectivity index (χ0) is 21.7. The summed E-state index contributed by atoms with van der Waals surface area (Å²) in [6.07, 6.45) is 4.20. The summed E-state index contributed by atoms with van der Waals surface area (Å²) >= 11 is 5.82. The Morgan fingerprint density at radius 3 is 2.60 bits per heavy atom. The van der Waals surface area contributed by atoms with Crippen molar-refractivity contribution in [3.63, 3.8) is 0 Å². The lowest BCUT2D eigenvalue weighted by atomic mass is 10.1. The molecular formula is C18H25N7O3S2. The van der Waals surface area contributed by atoms with E-state index in [0.717, 1.165) is 22.3 Å². The first-order valence-corrected chi connectivity index (χ1v) is 10.8. The van der Waals surface area contributed by atoms with Crippen molar-refractivity contribution >= 4 is 42.4 Å². The van der Waals surface area contributed by atoms with Crippen LogP contribution in [0, 0.1) is 0 Å². The van der Waals surface area contributed by atoms with E-state index < -0.39 is 6.09 Å². The molecule has 0 unspecified atom stereocenters. The van der Waals surface area contributed by atoms with E-state index in [1.165, 1.54) is 12.3 Å². The summed E-state index contributed by atoms with van der Waals surface area (Å²) < 4.78 is 6.52. The molecule has 0 radical (unpaired) electrons. The van der Waals surface area contributed by atoms with Crippen LogP contribution in [0.25, 0.3) is 0 Å². The van der Waals surface area contributed by atoms with Crippen LogP contribution in [-0.2, 0) is 0 Å². The number of likely N-dealkylation sites (tertiary alicyclic amines) is 1. The number of aromatic amines is 1. The predicted molar refractivity (Wildman–Crippen MR) is 117 cm³/mol. The molecule has 30 heavy (non-hydrogen) atoms. The Balaban J connectivity index is 1.48. The molecule has 0 atom stereocenters. The van der Waals surface area contributed by atoms with E-state index in [9.17, 15) is 9.59 Å². The molecule has 3 rings (SSSR count). The Kier molecular flexibility index (Phi) is 7.08. The quantitative estimate of drug-likeness (QED) is 0.612. The number of carbonyl (C=O) groups is 2. The van der Waals surface area contributed by atoms with Gasteiger partial charge in [0.1, 0.15) is 6.33 Å². The summed E-state index contributed by atoms with van der Waals surface area (Å²) in [5, 5.41) is 10.6. The van der Waals surface area contributed by atoms with Crippen molar-refractivity contribution in [3.8, 4) is 5.88 Å². The second-order valence-electron chi connectivity index (χ2n) is 7.80. The molecule has 1 saturated heterocycles. The maximum atomic E-state index is 12.4. The largest absolute Gasteiger partial charge is 0.416 e. The molecule has 1 fully saturated rings. The van der Waals surface area contributed by atoms with Crippen LogP contribution >= 0.6 is 24.6 Å². The number of urea groups is 1. The second kappa shape index (κ2) is 9.56. The summed E-state index contributed by atoms with van der Waals surface area (Å²) in [6, 6.07) is 2.78. The molecule has 10 nitrogen and oxygen atoms in total. The highest BCUT2D eigenvalue weighted by atomic mass is 32.2. The Labute approximate surface area is 184 Å². The van der Waals surface area contributed by atoms with Gasteiger partial charge in [0.05, 0.1) is 11.9 Å². The number of aromatic nitrogens is 4. The van der Waals surface area contributed by atoms with Crippen LogP contribution in [0.2, 0.25) is 0 Å².